The fourth-order valence-electron chi connectivity index (χ4n) is 2.09. The number of carbonyl (C=O) groups is 1. The molecule has 1 amide bonds. The zero-order valence-corrected chi connectivity index (χ0v) is 13.7. The Labute approximate surface area is 134 Å². The molecule has 0 bridgehead atoms. The number of rotatable bonds is 3. The average molecular weight is 295 g/mol. The van der Waals surface area contributed by atoms with Gasteiger partial charge in [-0.3, -0.25) is 4.79 Å². The largest absolute Gasteiger partial charge is 0.323 e. The van der Waals surface area contributed by atoms with Crippen molar-refractivity contribution in [2.45, 2.75) is 33.1 Å². The van der Waals surface area contributed by atoms with Gasteiger partial charge < -0.3 is 5.32 Å². The minimum absolute atomic E-state index is 0. The maximum atomic E-state index is 11.9. The quantitative estimate of drug-likeness (QED) is 0.776. The van der Waals surface area contributed by atoms with Gasteiger partial charge in [-0.05, 0) is 41.7 Å². The molecule has 116 valence electrons. The molecule has 2 nitrogen and oxygen atoms in total. The summed E-state index contributed by atoms with van der Waals surface area (Å²) in [5.41, 5.74) is 4.43. The highest BCUT2D eigenvalue weighted by atomic mass is 16.1. The third-order valence-corrected chi connectivity index (χ3v) is 3.52. The fourth-order valence-corrected chi connectivity index (χ4v) is 2.09. The number of hydrogen-bond acceptors (Lipinski definition) is 1. The summed E-state index contributed by atoms with van der Waals surface area (Å²) in [5, 5.41) is 2.85. The summed E-state index contributed by atoms with van der Waals surface area (Å²) in [5.74, 6) is -0.122. The molecule has 0 atom stereocenters. The van der Waals surface area contributed by atoms with E-state index in [9.17, 15) is 4.79 Å². The summed E-state index contributed by atoms with van der Waals surface area (Å²) in [6.45, 7) is 8.58. The van der Waals surface area contributed by atoms with Crippen molar-refractivity contribution in [2.24, 2.45) is 0 Å². The van der Waals surface area contributed by atoms with Gasteiger partial charge in [0, 0.05) is 13.2 Å². The number of carbonyl (C=O) groups excluding carboxylic acids is 1. The lowest BCUT2D eigenvalue weighted by molar-refractivity contribution is -0.111. The minimum Gasteiger partial charge on any atom is -0.323 e. The Hall–Kier alpha value is -2.35. The zero-order valence-electron chi connectivity index (χ0n) is 13.7. The number of aryl methyl sites for hydroxylation is 1. The van der Waals surface area contributed by atoms with Crippen LogP contribution in [0.4, 0.5) is 5.69 Å². The van der Waals surface area contributed by atoms with Crippen LogP contribution in [0.1, 0.15) is 38.9 Å². The second kappa shape index (κ2) is 6.61. The van der Waals surface area contributed by atoms with E-state index < -0.39 is 0 Å². The molecule has 0 heterocycles. The highest BCUT2D eigenvalue weighted by molar-refractivity contribution is 6.01. The highest BCUT2D eigenvalue weighted by Crippen LogP contribution is 2.22. The maximum absolute atomic E-state index is 11.9. The molecule has 0 spiro atoms. The second-order valence-electron chi connectivity index (χ2n) is 6.56. The van der Waals surface area contributed by atoms with E-state index in [4.69, 9.17) is 0 Å². The van der Waals surface area contributed by atoms with Gasteiger partial charge in [0.05, 0.1) is 0 Å². The molecule has 2 aromatic rings. The highest BCUT2D eigenvalue weighted by Gasteiger charge is 2.12. The first-order chi connectivity index (χ1) is 10.3. The van der Waals surface area contributed by atoms with Crippen LogP contribution in [0.2, 0.25) is 0 Å². The van der Waals surface area contributed by atoms with E-state index in [0.29, 0.717) is 0 Å². The van der Waals surface area contributed by atoms with Crippen LogP contribution < -0.4 is 5.32 Å². The zero-order chi connectivity index (χ0) is 16.2. The average Bonchev–Trinajstić information content (AvgIpc) is 2.47. The van der Waals surface area contributed by atoms with E-state index >= 15 is 0 Å². The SMILES string of the molecule is Cc1ccc(NC(=O)/C=C/c2ccc(C(C)(C)C)cc2)cc1.[HH]. The Morgan fingerprint density at radius 2 is 1.59 bits per heavy atom. The number of amides is 1. The van der Waals surface area contributed by atoms with Gasteiger partial charge in [-0.1, -0.05) is 62.7 Å². The summed E-state index contributed by atoms with van der Waals surface area (Å²) in [6, 6.07) is 16.1. The van der Waals surface area contributed by atoms with Crippen molar-refractivity contribution in [3.63, 3.8) is 0 Å². The van der Waals surface area contributed by atoms with Crippen LogP contribution in [0.25, 0.3) is 6.08 Å². The second-order valence-corrected chi connectivity index (χ2v) is 6.56. The van der Waals surface area contributed by atoms with Gasteiger partial charge >= 0.3 is 0 Å². The van der Waals surface area contributed by atoms with Crippen LogP contribution in [-0.2, 0) is 10.2 Å². The van der Waals surface area contributed by atoms with Gasteiger partial charge in [0.25, 0.3) is 0 Å². The number of benzene rings is 2. The van der Waals surface area contributed by atoms with E-state index in [1.807, 2.05) is 49.4 Å². The van der Waals surface area contributed by atoms with Crippen molar-refractivity contribution in [1.82, 2.24) is 0 Å². The molecule has 0 aliphatic rings. The molecule has 2 heteroatoms. The summed E-state index contributed by atoms with van der Waals surface area (Å²) in [6.07, 6.45) is 3.39. The molecule has 0 fully saturated rings. The predicted octanol–water partition coefficient (Wildman–Crippen LogP) is 5.19. The molecule has 0 saturated heterocycles. The molecule has 2 aromatic carbocycles. The van der Waals surface area contributed by atoms with E-state index in [1.54, 1.807) is 6.08 Å². The van der Waals surface area contributed by atoms with Crippen LogP contribution in [0.5, 0.6) is 0 Å². The van der Waals surface area contributed by atoms with Gasteiger partial charge in [0.15, 0.2) is 0 Å². The molecule has 1 N–H and O–H groups in total. The molecule has 0 saturated carbocycles. The lowest BCUT2D eigenvalue weighted by Crippen LogP contribution is -2.10. The number of anilines is 1. The Bertz CT molecular complexity index is 664. The van der Waals surface area contributed by atoms with Crippen molar-refractivity contribution in [2.75, 3.05) is 5.32 Å². The van der Waals surface area contributed by atoms with E-state index in [-0.39, 0.29) is 12.7 Å². The molecule has 2 rings (SSSR count). The Kier molecular flexibility index (Phi) is 4.81. The topological polar surface area (TPSA) is 29.1 Å². The first-order valence-corrected chi connectivity index (χ1v) is 7.51. The van der Waals surface area contributed by atoms with Crippen LogP contribution >= 0.6 is 0 Å². The van der Waals surface area contributed by atoms with Crippen molar-refractivity contribution in [3.05, 3.63) is 71.3 Å². The summed E-state index contributed by atoms with van der Waals surface area (Å²) < 4.78 is 0. The van der Waals surface area contributed by atoms with Gasteiger partial charge in [-0.25, -0.2) is 0 Å². The molecule has 0 unspecified atom stereocenters. The molecule has 22 heavy (non-hydrogen) atoms. The third kappa shape index (κ3) is 4.59. The van der Waals surface area contributed by atoms with Crippen LogP contribution in [0.15, 0.2) is 54.6 Å². The lowest BCUT2D eigenvalue weighted by atomic mass is 9.87. The van der Waals surface area contributed by atoms with Crippen LogP contribution in [-0.4, -0.2) is 5.91 Å². The monoisotopic (exact) mass is 295 g/mol. The standard InChI is InChI=1S/C20H23NO.H2/c1-15-5-12-18(13-6-15)21-19(22)14-9-16-7-10-17(11-8-16)20(2,3)4;/h5-14H,1-4H3,(H,21,22);1H/b14-9+;. The summed E-state index contributed by atoms with van der Waals surface area (Å²) in [7, 11) is 0. The Morgan fingerprint density at radius 3 is 2.14 bits per heavy atom. The minimum atomic E-state index is -0.122. The summed E-state index contributed by atoms with van der Waals surface area (Å²) in [4.78, 5) is 11.9. The summed E-state index contributed by atoms with van der Waals surface area (Å²) >= 11 is 0. The van der Waals surface area contributed by atoms with Crippen LogP contribution in [0.3, 0.4) is 0 Å². The third-order valence-electron chi connectivity index (χ3n) is 3.52. The normalized spacial score (nSPS) is 11.6. The number of nitrogens with one attached hydrogen (secondary N) is 1. The first-order valence-electron chi connectivity index (χ1n) is 7.51. The maximum Gasteiger partial charge on any atom is 0.248 e. The Morgan fingerprint density at radius 1 is 1.00 bits per heavy atom. The fraction of sp³-hybridized carbons (Fsp3) is 0.250. The molecular formula is C20H25NO. The Balaban J connectivity index is 0.00000264. The van der Waals surface area contributed by atoms with Gasteiger partial charge in [0.1, 0.15) is 0 Å². The molecule has 0 aromatic heterocycles. The van der Waals surface area contributed by atoms with Gasteiger partial charge in [-0.15, -0.1) is 0 Å². The smallest absolute Gasteiger partial charge is 0.248 e. The van der Waals surface area contributed by atoms with E-state index in [0.717, 1.165) is 11.3 Å². The molecule has 0 aliphatic heterocycles. The van der Waals surface area contributed by atoms with Crippen molar-refractivity contribution >= 4 is 17.7 Å². The molecule has 0 aliphatic carbocycles. The predicted molar refractivity (Wildman–Crippen MR) is 96.1 cm³/mol. The van der Waals surface area contributed by atoms with Crippen molar-refractivity contribution in [3.8, 4) is 0 Å². The van der Waals surface area contributed by atoms with E-state index in [2.05, 4.69) is 38.2 Å². The van der Waals surface area contributed by atoms with Crippen molar-refractivity contribution in [1.29, 1.82) is 0 Å². The van der Waals surface area contributed by atoms with Crippen LogP contribution in [0, 0.1) is 6.92 Å². The van der Waals surface area contributed by atoms with Gasteiger partial charge in [-0.2, -0.15) is 0 Å². The first kappa shape index (κ1) is 16.0. The van der Waals surface area contributed by atoms with Gasteiger partial charge in [0.2, 0.25) is 5.91 Å². The van der Waals surface area contributed by atoms with E-state index in [1.165, 1.54) is 11.1 Å². The van der Waals surface area contributed by atoms with Crippen molar-refractivity contribution < 1.29 is 6.22 Å². The number of hydrogen-bond donors (Lipinski definition) is 1. The lowest BCUT2D eigenvalue weighted by Gasteiger charge is -2.18. The molecular weight excluding hydrogens is 270 g/mol. The molecule has 0 radical (unpaired) electrons.